The highest BCUT2D eigenvalue weighted by Crippen LogP contribution is 2.36. The minimum absolute atomic E-state index is 0.137. The summed E-state index contributed by atoms with van der Waals surface area (Å²) in [7, 11) is 2.05. The Kier molecular flexibility index (Phi) is 5.08. The SMILES string of the molecule is Cn1cncc1CN1CC[C@@H]2[C@@H](CO[C@H]2CC(=O)N2CCCCC2)C1. The number of aromatic nitrogens is 2. The Morgan fingerprint density at radius 3 is 2.88 bits per heavy atom. The molecule has 3 aliphatic heterocycles. The molecule has 3 atom stereocenters. The van der Waals surface area contributed by atoms with E-state index in [2.05, 4.69) is 26.4 Å². The van der Waals surface area contributed by atoms with E-state index in [1.54, 1.807) is 0 Å². The molecule has 0 spiro atoms. The van der Waals surface area contributed by atoms with Gasteiger partial charge in [0.2, 0.25) is 5.91 Å². The molecule has 1 aromatic heterocycles. The standard InChI is InChI=1S/C19H30N4O2/c1-21-14-20-10-16(21)12-22-8-5-17-15(11-22)13-25-18(17)9-19(24)23-6-3-2-4-7-23/h10,14-15,17-18H,2-9,11-13H2,1H3/t15-,17-,18+/m1/s1. The van der Waals surface area contributed by atoms with Gasteiger partial charge in [-0.05, 0) is 38.1 Å². The molecule has 0 radical (unpaired) electrons. The molecule has 0 saturated carbocycles. The molecule has 0 N–H and O–H groups in total. The first-order valence-electron chi connectivity index (χ1n) is 9.77. The topological polar surface area (TPSA) is 50.6 Å². The van der Waals surface area contributed by atoms with Gasteiger partial charge in [-0.2, -0.15) is 0 Å². The number of rotatable bonds is 4. The van der Waals surface area contributed by atoms with Gasteiger partial charge >= 0.3 is 0 Å². The minimum Gasteiger partial charge on any atom is -0.377 e. The first-order chi connectivity index (χ1) is 12.2. The molecule has 6 heteroatoms. The Morgan fingerprint density at radius 2 is 2.12 bits per heavy atom. The van der Waals surface area contributed by atoms with E-state index >= 15 is 0 Å². The number of fused-ring (bicyclic) bond motifs is 1. The molecular formula is C19H30N4O2. The van der Waals surface area contributed by atoms with Crippen LogP contribution in [-0.2, 0) is 23.1 Å². The van der Waals surface area contributed by atoms with Gasteiger partial charge in [-0.15, -0.1) is 0 Å². The fourth-order valence-corrected chi connectivity index (χ4v) is 4.73. The lowest BCUT2D eigenvalue weighted by molar-refractivity contribution is -0.134. The number of hydrogen-bond donors (Lipinski definition) is 0. The average Bonchev–Trinajstić information content (AvgIpc) is 3.22. The van der Waals surface area contributed by atoms with Gasteiger partial charge in [0.15, 0.2) is 0 Å². The van der Waals surface area contributed by atoms with Crippen LogP contribution in [0.5, 0.6) is 0 Å². The van der Waals surface area contributed by atoms with E-state index < -0.39 is 0 Å². The summed E-state index contributed by atoms with van der Waals surface area (Å²) in [5.74, 6) is 1.43. The van der Waals surface area contributed by atoms with E-state index in [0.717, 1.165) is 58.6 Å². The van der Waals surface area contributed by atoms with Crippen LogP contribution in [0.15, 0.2) is 12.5 Å². The summed E-state index contributed by atoms with van der Waals surface area (Å²) >= 11 is 0. The number of piperidine rings is 2. The molecule has 25 heavy (non-hydrogen) atoms. The second kappa shape index (κ2) is 7.46. The first-order valence-corrected chi connectivity index (χ1v) is 9.77. The maximum Gasteiger partial charge on any atom is 0.225 e. The van der Waals surface area contributed by atoms with Crippen molar-refractivity contribution >= 4 is 5.91 Å². The molecule has 0 bridgehead atoms. The van der Waals surface area contributed by atoms with E-state index in [9.17, 15) is 4.79 Å². The average molecular weight is 346 g/mol. The zero-order valence-electron chi connectivity index (χ0n) is 15.3. The summed E-state index contributed by atoms with van der Waals surface area (Å²) in [4.78, 5) is 21.3. The van der Waals surface area contributed by atoms with Gasteiger partial charge in [0.1, 0.15) is 0 Å². The van der Waals surface area contributed by atoms with Crippen molar-refractivity contribution < 1.29 is 9.53 Å². The lowest BCUT2D eigenvalue weighted by Crippen LogP contribution is -2.43. The summed E-state index contributed by atoms with van der Waals surface area (Å²) in [5.41, 5.74) is 1.26. The zero-order valence-corrected chi connectivity index (χ0v) is 15.3. The molecule has 3 saturated heterocycles. The first kappa shape index (κ1) is 17.0. The molecule has 1 aromatic rings. The van der Waals surface area contributed by atoms with Crippen molar-refractivity contribution in [3.8, 4) is 0 Å². The molecule has 3 aliphatic rings. The highest BCUT2D eigenvalue weighted by molar-refractivity contribution is 5.76. The number of nitrogens with zero attached hydrogens (tertiary/aromatic N) is 4. The van der Waals surface area contributed by atoms with Gasteiger partial charge in [-0.1, -0.05) is 0 Å². The lowest BCUT2D eigenvalue weighted by atomic mass is 9.83. The number of imidazole rings is 1. The highest BCUT2D eigenvalue weighted by atomic mass is 16.5. The van der Waals surface area contributed by atoms with E-state index in [4.69, 9.17) is 4.74 Å². The van der Waals surface area contributed by atoms with Crippen molar-refractivity contribution in [2.75, 3.05) is 32.8 Å². The number of likely N-dealkylation sites (tertiary alicyclic amines) is 2. The molecule has 1 amide bonds. The van der Waals surface area contributed by atoms with Crippen LogP contribution in [0.2, 0.25) is 0 Å². The molecule has 0 aliphatic carbocycles. The summed E-state index contributed by atoms with van der Waals surface area (Å²) in [6, 6.07) is 0. The van der Waals surface area contributed by atoms with Crippen molar-refractivity contribution in [2.45, 2.75) is 44.8 Å². The van der Waals surface area contributed by atoms with Crippen molar-refractivity contribution in [2.24, 2.45) is 18.9 Å². The Bertz CT molecular complexity index is 596. The maximum atomic E-state index is 12.6. The predicted molar refractivity (Wildman–Crippen MR) is 94.9 cm³/mol. The van der Waals surface area contributed by atoms with Gasteiger partial charge in [0.25, 0.3) is 0 Å². The molecule has 3 fully saturated rings. The van der Waals surface area contributed by atoms with Crippen molar-refractivity contribution in [1.29, 1.82) is 0 Å². The Labute approximate surface area is 150 Å². The van der Waals surface area contributed by atoms with Gasteiger partial charge in [0, 0.05) is 45.3 Å². The molecular weight excluding hydrogens is 316 g/mol. The second-order valence-corrected chi connectivity index (χ2v) is 7.96. The summed E-state index contributed by atoms with van der Waals surface area (Å²) in [6.07, 6.45) is 9.27. The second-order valence-electron chi connectivity index (χ2n) is 7.96. The van der Waals surface area contributed by atoms with Crippen LogP contribution in [0.4, 0.5) is 0 Å². The zero-order chi connectivity index (χ0) is 17.2. The number of hydrogen-bond acceptors (Lipinski definition) is 4. The van der Waals surface area contributed by atoms with Gasteiger partial charge < -0.3 is 14.2 Å². The normalized spacial score (nSPS) is 30.4. The molecule has 4 heterocycles. The van der Waals surface area contributed by atoms with Gasteiger partial charge in [0.05, 0.1) is 31.2 Å². The van der Waals surface area contributed by atoms with Crippen LogP contribution >= 0.6 is 0 Å². The summed E-state index contributed by atoms with van der Waals surface area (Å²) < 4.78 is 8.17. The Hall–Kier alpha value is -1.40. The summed E-state index contributed by atoms with van der Waals surface area (Å²) in [6.45, 7) is 5.81. The largest absolute Gasteiger partial charge is 0.377 e. The molecule has 4 rings (SSSR count). The van der Waals surface area contributed by atoms with Crippen LogP contribution in [-0.4, -0.2) is 64.1 Å². The number of amides is 1. The third-order valence-electron chi connectivity index (χ3n) is 6.27. The number of aryl methyl sites for hydroxylation is 1. The molecule has 138 valence electrons. The fraction of sp³-hybridized carbons (Fsp3) is 0.789. The lowest BCUT2D eigenvalue weighted by Gasteiger charge is -2.36. The van der Waals surface area contributed by atoms with Crippen molar-refractivity contribution in [1.82, 2.24) is 19.4 Å². The third kappa shape index (κ3) is 3.75. The molecule has 0 aromatic carbocycles. The van der Waals surface area contributed by atoms with E-state index in [1.807, 2.05) is 12.5 Å². The predicted octanol–water partition coefficient (Wildman–Crippen LogP) is 1.66. The van der Waals surface area contributed by atoms with E-state index in [0.29, 0.717) is 24.2 Å². The van der Waals surface area contributed by atoms with Crippen molar-refractivity contribution in [3.63, 3.8) is 0 Å². The minimum atomic E-state index is 0.137. The van der Waals surface area contributed by atoms with Crippen LogP contribution in [0.25, 0.3) is 0 Å². The highest BCUT2D eigenvalue weighted by Gasteiger charge is 2.42. The smallest absolute Gasteiger partial charge is 0.225 e. The van der Waals surface area contributed by atoms with E-state index in [-0.39, 0.29) is 6.10 Å². The number of carbonyl (C=O) groups is 1. The number of ether oxygens (including phenoxy) is 1. The third-order valence-corrected chi connectivity index (χ3v) is 6.27. The van der Waals surface area contributed by atoms with Gasteiger partial charge in [-0.25, -0.2) is 4.98 Å². The molecule has 6 nitrogen and oxygen atoms in total. The Morgan fingerprint density at radius 1 is 1.28 bits per heavy atom. The van der Waals surface area contributed by atoms with Crippen LogP contribution in [0.1, 0.15) is 37.8 Å². The van der Waals surface area contributed by atoms with Gasteiger partial charge in [-0.3, -0.25) is 9.69 Å². The van der Waals surface area contributed by atoms with Crippen LogP contribution in [0.3, 0.4) is 0 Å². The molecule has 0 unspecified atom stereocenters. The number of carbonyl (C=O) groups excluding carboxylic acids is 1. The van der Waals surface area contributed by atoms with Crippen LogP contribution < -0.4 is 0 Å². The van der Waals surface area contributed by atoms with Crippen LogP contribution in [0, 0.1) is 11.8 Å². The monoisotopic (exact) mass is 346 g/mol. The van der Waals surface area contributed by atoms with E-state index in [1.165, 1.54) is 12.1 Å². The fourth-order valence-electron chi connectivity index (χ4n) is 4.73. The van der Waals surface area contributed by atoms with Crippen molar-refractivity contribution in [3.05, 3.63) is 18.2 Å². The maximum absolute atomic E-state index is 12.6. The Balaban J connectivity index is 1.30. The quantitative estimate of drug-likeness (QED) is 0.832. The summed E-state index contributed by atoms with van der Waals surface area (Å²) in [5, 5.41) is 0.